The molecule has 2 heterocycles. The van der Waals surface area contributed by atoms with Gasteiger partial charge < -0.3 is 15.7 Å². The van der Waals surface area contributed by atoms with Crippen LogP contribution in [0.5, 0.6) is 0 Å². The predicted octanol–water partition coefficient (Wildman–Crippen LogP) is -0.828. The number of carboxylic acids is 1. The van der Waals surface area contributed by atoms with E-state index in [-0.39, 0.29) is 11.7 Å². The molecule has 0 spiro atoms. The van der Waals surface area contributed by atoms with E-state index in [1.54, 1.807) is 10.9 Å². The van der Waals surface area contributed by atoms with Crippen LogP contribution >= 0.6 is 0 Å². The van der Waals surface area contributed by atoms with Crippen LogP contribution in [-0.4, -0.2) is 55.0 Å². The Morgan fingerprint density at radius 3 is 2.48 bits per heavy atom. The molecule has 0 bridgehead atoms. The van der Waals surface area contributed by atoms with Gasteiger partial charge in [-0.15, -0.1) is 5.10 Å². The fourth-order valence-corrected chi connectivity index (χ4v) is 1.57. The zero-order chi connectivity index (χ0) is 15.1. The van der Waals surface area contributed by atoms with E-state index in [2.05, 4.69) is 26.0 Å². The van der Waals surface area contributed by atoms with Gasteiger partial charge in [0, 0.05) is 25.5 Å². The monoisotopic (exact) mass is 293 g/mol. The normalized spacial score (nSPS) is 10.3. The Bertz CT molecular complexity index is 593. The molecule has 0 saturated carbocycles. The maximum atomic E-state index is 11.5. The molecule has 0 unspecified atom stereocenters. The maximum Gasteiger partial charge on any atom is 0.358 e. The summed E-state index contributed by atoms with van der Waals surface area (Å²) in [6, 6.07) is 1.50. The lowest BCUT2D eigenvalue weighted by Crippen LogP contribution is -2.38. The molecule has 0 radical (unpaired) electrons. The van der Waals surface area contributed by atoms with Gasteiger partial charge in [-0.3, -0.25) is 4.68 Å². The summed E-state index contributed by atoms with van der Waals surface area (Å²) in [5.41, 5.74) is -0.126. The zero-order valence-electron chi connectivity index (χ0n) is 11.1. The first-order valence-electron chi connectivity index (χ1n) is 6.27. The number of aromatic carboxylic acids is 1. The third-order valence-electron chi connectivity index (χ3n) is 2.57. The number of carboxylic acid groups (broad SMARTS) is 1. The number of nitrogens with zero attached hydrogens (tertiary/aromatic N) is 5. The molecule has 112 valence electrons. The second kappa shape index (κ2) is 7.03. The van der Waals surface area contributed by atoms with E-state index in [4.69, 9.17) is 5.11 Å². The summed E-state index contributed by atoms with van der Waals surface area (Å²) in [5.74, 6) is -1.13. The molecule has 2 aromatic heterocycles. The van der Waals surface area contributed by atoms with Crippen molar-refractivity contribution in [3.63, 3.8) is 0 Å². The van der Waals surface area contributed by atoms with Gasteiger partial charge in [-0.25, -0.2) is 14.3 Å². The van der Waals surface area contributed by atoms with E-state index in [9.17, 15) is 9.59 Å². The number of nitrogens with one attached hydrogen (secondary N) is 2. The number of hydrogen-bond donors (Lipinski definition) is 3. The van der Waals surface area contributed by atoms with Crippen LogP contribution in [0, 0.1) is 0 Å². The van der Waals surface area contributed by atoms with E-state index in [1.165, 1.54) is 10.9 Å². The van der Waals surface area contributed by atoms with Gasteiger partial charge in [-0.05, 0) is 6.07 Å². The highest BCUT2D eigenvalue weighted by Gasteiger charge is 2.08. The highest BCUT2D eigenvalue weighted by molar-refractivity contribution is 5.84. The van der Waals surface area contributed by atoms with Gasteiger partial charge >= 0.3 is 12.0 Å². The number of carbonyl (C=O) groups excluding carboxylic acids is 1. The molecule has 0 aliphatic rings. The average Bonchev–Trinajstić information content (AvgIpc) is 3.09. The highest BCUT2D eigenvalue weighted by Crippen LogP contribution is 1.91. The average molecular weight is 293 g/mol. The summed E-state index contributed by atoms with van der Waals surface area (Å²) >= 11 is 0. The lowest BCUT2D eigenvalue weighted by Gasteiger charge is -2.07. The molecule has 0 atom stereocenters. The second-order valence-electron chi connectivity index (χ2n) is 4.12. The number of aromatic nitrogens is 5. The van der Waals surface area contributed by atoms with Gasteiger partial charge in [-0.2, -0.15) is 5.10 Å². The van der Waals surface area contributed by atoms with Crippen molar-refractivity contribution >= 4 is 12.0 Å². The number of rotatable bonds is 7. The molecule has 0 fully saturated rings. The van der Waals surface area contributed by atoms with Crippen LogP contribution in [0.1, 0.15) is 10.5 Å². The first-order valence-corrected chi connectivity index (χ1v) is 6.27. The number of hydrogen-bond acceptors (Lipinski definition) is 5. The minimum Gasteiger partial charge on any atom is -0.476 e. The standard InChI is InChI=1S/C11H15N7O3/c19-10(20)9-8-18(16-15-9)7-4-13-11(21)12-3-6-17-5-1-2-14-17/h1-2,5,8H,3-4,6-7H2,(H,19,20)(H2,12,13,21). The molecule has 2 aromatic rings. The van der Waals surface area contributed by atoms with Gasteiger partial charge in [-0.1, -0.05) is 5.21 Å². The molecule has 2 amide bonds. The third kappa shape index (κ3) is 4.60. The molecule has 0 aliphatic carbocycles. The smallest absolute Gasteiger partial charge is 0.358 e. The van der Waals surface area contributed by atoms with Crippen LogP contribution < -0.4 is 10.6 Å². The second-order valence-corrected chi connectivity index (χ2v) is 4.12. The SMILES string of the molecule is O=C(NCCn1cccn1)NCCn1cc(C(=O)O)nn1. The van der Waals surface area contributed by atoms with E-state index in [0.29, 0.717) is 26.2 Å². The first kappa shape index (κ1) is 14.5. The predicted molar refractivity (Wildman–Crippen MR) is 70.6 cm³/mol. The lowest BCUT2D eigenvalue weighted by molar-refractivity contribution is 0.0690. The Balaban J connectivity index is 1.61. The van der Waals surface area contributed by atoms with Gasteiger partial charge in [0.1, 0.15) is 0 Å². The van der Waals surface area contributed by atoms with Gasteiger partial charge in [0.25, 0.3) is 0 Å². The number of amides is 2. The molecule has 3 N–H and O–H groups in total. The largest absolute Gasteiger partial charge is 0.476 e. The van der Waals surface area contributed by atoms with Crippen LogP contribution in [0.15, 0.2) is 24.7 Å². The van der Waals surface area contributed by atoms with Gasteiger partial charge in [0.2, 0.25) is 0 Å². The molecule has 0 aromatic carbocycles. The fourth-order valence-electron chi connectivity index (χ4n) is 1.57. The van der Waals surface area contributed by atoms with Crippen LogP contribution in [0.25, 0.3) is 0 Å². The van der Waals surface area contributed by atoms with E-state index >= 15 is 0 Å². The van der Waals surface area contributed by atoms with Crippen LogP contribution in [0.3, 0.4) is 0 Å². The summed E-state index contributed by atoms with van der Waals surface area (Å²) in [5, 5.41) is 25.1. The van der Waals surface area contributed by atoms with E-state index < -0.39 is 5.97 Å². The molecule has 10 nitrogen and oxygen atoms in total. The third-order valence-corrected chi connectivity index (χ3v) is 2.57. The molecular formula is C11H15N7O3. The van der Waals surface area contributed by atoms with Crippen LogP contribution in [0.4, 0.5) is 4.79 Å². The Morgan fingerprint density at radius 2 is 1.90 bits per heavy atom. The Kier molecular flexibility index (Phi) is 4.85. The van der Waals surface area contributed by atoms with Gasteiger partial charge in [0.15, 0.2) is 5.69 Å². The zero-order valence-corrected chi connectivity index (χ0v) is 11.1. The summed E-state index contributed by atoms with van der Waals surface area (Å²) in [6.07, 6.45) is 4.79. The van der Waals surface area contributed by atoms with Crippen molar-refractivity contribution in [2.45, 2.75) is 13.1 Å². The molecule has 0 aliphatic heterocycles. The van der Waals surface area contributed by atoms with Crippen molar-refractivity contribution in [1.29, 1.82) is 0 Å². The first-order chi connectivity index (χ1) is 10.1. The minimum absolute atomic E-state index is 0.126. The Hall–Kier alpha value is -2.91. The van der Waals surface area contributed by atoms with Crippen LogP contribution in [0.2, 0.25) is 0 Å². The van der Waals surface area contributed by atoms with Crippen molar-refractivity contribution in [2.75, 3.05) is 13.1 Å². The lowest BCUT2D eigenvalue weighted by atomic mass is 10.5. The van der Waals surface area contributed by atoms with E-state index in [0.717, 1.165) is 0 Å². The number of carbonyl (C=O) groups is 2. The van der Waals surface area contributed by atoms with Crippen molar-refractivity contribution in [3.05, 3.63) is 30.4 Å². The summed E-state index contributed by atoms with van der Waals surface area (Å²) in [4.78, 5) is 22.1. The number of urea groups is 1. The molecule has 21 heavy (non-hydrogen) atoms. The minimum atomic E-state index is -1.13. The van der Waals surface area contributed by atoms with Crippen LogP contribution in [-0.2, 0) is 13.1 Å². The quantitative estimate of drug-likeness (QED) is 0.611. The fraction of sp³-hybridized carbons (Fsp3) is 0.364. The van der Waals surface area contributed by atoms with Crippen molar-refractivity contribution in [1.82, 2.24) is 35.4 Å². The van der Waals surface area contributed by atoms with Crippen molar-refractivity contribution in [3.8, 4) is 0 Å². The van der Waals surface area contributed by atoms with Crippen molar-refractivity contribution in [2.24, 2.45) is 0 Å². The molecular weight excluding hydrogens is 278 g/mol. The molecule has 2 rings (SSSR count). The molecule has 0 saturated heterocycles. The summed E-state index contributed by atoms with van der Waals surface area (Å²) in [7, 11) is 0. The van der Waals surface area contributed by atoms with E-state index in [1.807, 2.05) is 12.3 Å². The summed E-state index contributed by atoms with van der Waals surface area (Å²) < 4.78 is 3.07. The topological polar surface area (TPSA) is 127 Å². The maximum absolute atomic E-state index is 11.5. The molecule has 10 heteroatoms. The highest BCUT2D eigenvalue weighted by atomic mass is 16.4. The summed E-state index contributed by atoms with van der Waals surface area (Å²) in [6.45, 7) is 1.70. The Labute approximate surface area is 119 Å². The van der Waals surface area contributed by atoms with Gasteiger partial charge in [0.05, 0.1) is 19.3 Å². The Morgan fingerprint density at radius 1 is 1.19 bits per heavy atom. The van der Waals surface area contributed by atoms with Crippen molar-refractivity contribution < 1.29 is 14.7 Å².